The lowest BCUT2D eigenvalue weighted by molar-refractivity contribution is -0.133. The minimum absolute atomic E-state index is 0.153. The van der Waals surface area contributed by atoms with Gasteiger partial charge in [-0.1, -0.05) is 30.3 Å². The van der Waals surface area contributed by atoms with Crippen LogP contribution in [0.25, 0.3) is 6.08 Å². The molecule has 6 nitrogen and oxygen atoms in total. The quantitative estimate of drug-likeness (QED) is 0.484. The Hall–Kier alpha value is -3.06. The molecule has 2 aromatic carbocycles. The summed E-state index contributed by atoms with van der Waals surface area (Å²) in [6, 6.07) is 12.5. The number of carbonyl (C=O) groups excluding carboxylic acids is 3. The van der Waals surface area contributed by atoms with Crippen molar-refractivity contribution >= 4 is 35.0 Å². The van der Waals surface area contributed by atoms with E-state index in [9.17, 15) is 14.4 Å². The van der Waals surface area contributed by atoms with E-state index in [0.717, 1.165) is 22.9 Å². The largest absolute Gasteiger partial charge is 0.493 e. The molecule has 7 heteroatoms. The zero-order chi connectivity index (χ0) is 19.4. The highest BCUT2D eigenvalue weighted by Crippen LogP contribution is 2.31. The molecule has 27 heavy (non-hydrogen) atoms. The average Bonchev–Trinajstić information content (AvgIpc) is 2.95. The van der Waals surface area contributed by atoms with E-state index in [1.54, 1.807) is 24.3 Å². The average molecular weight is 383 g/mol. The van der Waals surface area contributed by atoms with Crippen LogP contribution in [0, 0.1) is 6.92 Å². The molecule has 1 N–H and O–H groups in total. The summed E-state index contributed by atoms with van der Waals surface area (Å²) in [5, 5.41) is 1.79. The Balaban J connectivity index is 1.76. The number of aryl methyl sites for hydroxylation is 1. The smallest absolute Gasteiger partial charge is 0.315 e. The van der Waals surface area contributed by atoms with Crippen LogP contribution < -0.4 is 14.8 Å². The van der Waals surface area contributed by atoms with Gasteiger partial charge >= 0.3 is 5.97 Å². The first-order valence-corrected chi connectivity index (χ1v) is 8.96. The van der Waals surface area contributed by atoms with Crippen molar-refractivity contribution in [2.45, 2.75) is 13.3 Å². The van der Waals surface area contributed by atoms with Crippen molar-refractivity contribution in [3.63, 3.8) is 0 Å². The monoisotopic (exact) mass is 383 g/mol. The summed E-state index contributed by atoms with van der Waals surface area (Å²) in [4.78, 5) is 35.4. The van der Waals surface area contributed by atoms with E-state index in [4.69, 9.17) is 9.47 Å². The number of amides is 2. The lowest BCUT2D eigenvalue weighted by Gasteiger charge is -2.11. The molecule has 1 aliphatic heterocycles. The summed E-state index contributed by atoms with van der Waals surface area (Å²) in [6.45, 7) is 1.94. The molecular weight excluding hydrogens is 366 g/mol. The number of esters is 1. The molecule has 1 saturated heterocycles. The van der Waals surface area contributed by atoms with Gasteiger partial charge in [0.1, 0.15) is 0 Å². The van der Waals surface area contributed by atoms with E-state index in [0.29, 0.717) is 16.2 Å². The van der Waals surface area contributed by atoms with Crippen LogP contribution in [0.2, 0.25) is 0 Å². The number of methoxy groups -OCH3 is 1. The zero-order valence-electron chi connectivity index (χ0n) is 14.8. The molecule has 0 spiro atoms. The summed E-state index contributed by atoms with van der Waals surface area (Å²) in [5.41, 5.74) is 2.57. The SMILES string of the molecule is COc1cc(C=C2SC(=O)NC2=O)ccc1OC(=O)Cc1ccccc1C. The van der Waals surface area contributed by atoms with Crippen LogP contribution in [0.5, 0.6) is 11.5 Å². The molecule has 0 saturated carbocycles. The van der Waals surface area contributed by atoms with E-state index in [1.807, 2.05) is 31.2 Å². The fourth-order valence-electron chi connectivity index (χ4n) is 2.55. The van der Waals surface area contributed by atoms with Crippen LogP contribution in [0.4, 0.5) is 4.79 Å². The van der Waals surface area contributed by atoms with Gasteiger partial charge in [0, 0.05) is 0 Å². The molecule has 1 fully saturated rings. The number of ether oxygens (including phenoxy) is 2. The summed E-state index contributed by atoms with van der Waals surface area (Å²) in [5.74, 6) is -0.183. The van der Waals surface area contributed by atoms with Crippen molar-refractivity contribution < 1.29 is 23.9 Å². The molecule has 2 aromatic rings. The first-order chi connectivity index (χ1) is 13.0. The highest BCUT2D eigenvalue weighted by molar-refractivity contribution is 8.18. The molecule has 0 aromatic heterocycles. The third-order valence-electron chi connectivity index (χ3n) is 3.95. The van der Waals surface area contributed by atoms with Crippen molar-refractivity contribution in [2.75, 3.05) is 7.11 Å². The molecule has 3 rings (SSSR count). The number of carbonyl (C=O) groups is 3. The van der Waals surface area contributed by atoms with Gasteiger partial charge in [-0.2, -0.15) is 0 Å². The predicted molar refractivity (Wildman–Crippen MR) is 103 cm³/mol. The fourth-order valence-corrected chi connectivity index (χ4v) is 3.24. The summed E-state index contributed by atoms with van der Waals surface area (Å²) in [7, 11) is 1.46. The highest BCUT2D eigenvalue weighted by Gasteiger charge is 2.25. The normalized spacial score (nSPS) is 15.0. The second-order valence-corrected chi connectivity index (χ2v) is 6.85. The minimum atomic E-state index is -0.433. The van der Waals surface area contributed by atoms with Crippen LogP contribution in [-0.2, 0) is 16.0 Å². The van der Waals surface area contributed by atoms with Crippen LogP contribution >= 0.6 is 11.8 Å². The number of hydrogen-bond acceptors (Lipinski definition) is 6. The van der Waals surface area contributed by atoms with Crippen LogP contribution in [0.1, 0.15) is 16.7 Å². The van der Waals surface area contributed by atoms with Crippen LogP contribution in [0.15, 0.2) is 47.4 Å². The molecule has 0 unspecified atom stereocenters. The van der Waals surface area contributed by atoms with Gasteiger partial charge in [0.25, 0.3) is 11.1 Å². The molecule has 0 atom stereocenters. The first-order valence-electron chi connectivity index (χ1n) is 8.14. The minimum Gasteiger partial charge on any atom is -0.493 e. The zero-order valence-corrected chi connectivity index (χ0v) is 15.6. The van der Waals surface area contributed by atoms with Gasteiger partial charge in [-0.25, -0.2) is 0 Å². The summed E-state index contributed by atoms with van der Waals surface area (Å²) >= 11 is 0.835. The van der Waals surface area contributed by atoms with Crippen molar-refractivity contribution in [3.8, 4) is 11.5 Å². The van der Waals surface area contributed by atoms with E-state index >= 15 is 0 Å². The number of nitrogens with one attached hydrogen (secondary N) is 1. The number of hydrogen-bond donors (Lipinski definition) is 1. The molecule has 1 heterocycles. The van der Waals surface area contributed by atoms with Gasteiger partial charge in [0.2, 0.25) is 0 Å². The molecule has 0 radical (unpaired) electrons. The molecule has 2 amide bonds. The van der Waals surface area contributed by atoms with Crippen LogP contribution in [0.3, 0.4) is 0 Å². The Bertz CT molecular complexity index is 951. The molecule has 0 bridgehead atoms. The van der Waals surface area contributed by atoms with Gasteiger partial charge in [0.15, 0.2) is 11.5 Å². The Kier molecular flexibility index (Phi) is 5.61. The van der Waals surface area contributed by atoms with Crippen molar-refractivity contribution in [1.29, 1.82) is 0 Å². The Morgan fingerprint density at radius 3 is 2.59 bits per heavy atom. The third-order valence-corrected chi connectivity index (χ3v) is 4.76. The standard InChI is InChI=1S/C20H17NO5S/c1-12-5-3-4-6-14(12)11-18(22)26-15-8-7-13(9-16(15)25-2)10-17-19(23)21-20(24)27-17/h3-10H,11H2,1-2H3,(H,21,23,24). The Morgan fingerprint density at radius 1 is 1.15 bits per heavy atom. The second-order valence-electron chi connectivity index (χ2n) is 5.84. The van der Waals surface area contributed by atoms with Gasteiger partial charge in [-0.3, -0.25) is 19.7 Å². The number of benzene rings is 2. The summed E-state index contributed by atoms with van der Waals surface area (Å²) < 4.78 is 10.7. The predicted octanol–water partition coefficient (Wildman–Crippen LogP) is 3.48. The lowest BCUT2D eigenvalue weighted by Crippen LogP contribution is -2.17. The molecule has 138 valence electrons. The number of thioether (sulfide) groups is 1. The number of rotatable bonds is 5. The van der Waals surface area contributed by atoms with Gasteiger partial charge in [0.05, 0.1) is 18.4 Å². The topological polar surface area (TPSA) is 81.7 Å². The third kappa shape index (κ3) is 4.57. The van der Waals surface area contributed by atoms with E-state index in [-0.39, 0.29) is 12.2 Å². The van der Waals surface area contributed by atoms with Crippen LogP contribution in [-0.4, -0.2) is 24.2 Å². The second kappa shape index (κ2) is 8.09. The highest BCUT2D eigenvalue weighted by atomic mass is 32.2. The van der Waals surface area contributed by atoms with E-state index in [1.165, 1.54) is 7.11 Å². The molecule has 0 aliphatic carbocycles. The Morgan fingerprint density at radius 2 is 1.93 bits per heavy atom. The molecular formula is C20H17NO5S. The number of imide groups is 1. The fraction of sp³-hybridized carbons (Fsp3) is 0.150. The van der Waals surface area contributed by atoms with E-state index < -0.39 is 17.1 Å². The maximum atomic E-state index is 12.3. The van der Waals surface area contributed by atoms with Gasteiger partial charge in [-0.15, -0.1) is 0 Å². The summed E-state index contributed by atoms with van der Waals surface area (Å²) in [6.07, 6.45) is 1.73. The maximum absolute atomic E-state index is 12.3. The van der Waals surface area contributed by atoms with E-state index in [2.05, 4.69) is 5.32 Å². The van der Waals surface area contributed by atoms with Crippen molar-refractivity contribution in [2.24, 2.45) is 0 Å². The molecule has 1 aliphatic rings. The maximum Gasteiger partial charge on any atom is 0.315 e. The lowest BCUT2D eigenvalue weighted by atomic mass is 10.1. The van der Waals surface area contributed by atoms with Crippen molar-refractivity contribution in [3.05, 3.63) is 64.1 Å². The first kappa shape index (κ1) is 18.7. The van der Waals surface area contributed by atoms with Crippen molar-refractivity contribution in [1.82, 2.24) is 5.32 Å². The Labute approximate surface area is 160 Å². The van der Waals surface area contributed by atoms with Gasteiger partial charge in [-0.05, 0) is 53.6 Å². The van der Waals surface area contributed by atoms with Gasteiger partial charge < -0.3 is 9.47 Å².